The number of likely N-dealkylation sites (N-methyl/N-ethyl adjacent to an activating group) is 1. The maximum absolute atomic E-state index is 12.9. The molecule has 0 N–H and O–H groups in total. The van der Waals surface area contributed by atoms with E-state index in [0.29, 0.717) is 17.4 Å². The van der Waals surface area contributed by atoms with Gasteiger partial charge in [-0.25, -0.2) is 0 Å². The van der Waals surface area contributed by atoms with E-state index >= 15 is 0 Å². The fraction of sp³-hybridized carbons (Fsp3) is 0.792. The molecule has 9 nitrogen and oxygen atoms in total. The largest absolute Gasteiger partial charge is 0.545 e. The van der Waals surface area contributed by atoms with Crippen molar-refractivity contribution >= 4 is 17.9 Å². The van der Waals surface area contributed by atoms with Crippen molar-refractivity contribution in [3.8, 4) is 0 Å². The van der Waals surface area contributed by atoms with Crippen LogP contribution in [0.1, 0.15) is 309 Å². The van der Waals surface area contributed by atoms with Crippen LogP contribution in [0.5, 0.6) is 0 Å². The molecule has 0 aliphatic rings. The van der Waals surface area contributed by atoms with Gasteiger partial charge in [-0.3, -0.25) is 9.59 Å². The molecule has 2 atom stereocenters. The predicted octanol–water partition coefficient (Wildman–Crippen LogP) is 19.6. The van der Waals surface area contributed by atoms with Crippen LogP contribution < -0.4 is 5.11 Å². The SMILES string of the molecule is CC/C=C\C/C=C\C/C=C\C/C=C\C/C=C\CCCCCC(=O)OC(COC(=O)CCCCCCCCCCCCCCCCCCCCCCCCCCC/C=C\CCCCCCCCCC)COC(OCC[N+](C)(C)C)C(=O)[O-]. The molecule has 0 spiro atoms. The molecule has 0 saturated carbocycles. The predicted molar refractivity (Wildman–Crippen MR) is 343 cm³/mol. The first-order valence-corrected chi connectivity index (χ1v) is 34.1. The maximum atomic E-state index is 12.9. The summed E-state index contributed by atoms with van der Waals surface area (Å²) in [4.78, 5) is 37.4. The van der Waals surface area contributed by atoms with Crippen molar-refractivity contribution in [2.24, 2.45) is 0 Å². The summed E-state index contributed by atoms with van der Waals surface area (Å²) < 4.78 is 22.7. The fourth-order valence-corrected chi connectivity index (χ4v) is 9.74. The number of carboxylic acid groups (broad SMARTS) is 1. The summed E-state index contributed by atoms with van der Waals surface area (Å²) in [6, 6.07) is 0. The Hall–Kier alpha value is -3.27. The average Bonchev–Trinajstić information content (AvgIpc) is 3.44. The van der Waals surface area contributed by atoms with Crippen LogP contribution in [0.25, 0.3) is 0 Å². The fourth-order valence-electron chi connectivity index (χ4n) is 9.74. The van der Waals surface area contributed by atoms with E-state index in [1.807, 2.05) is 21.1 Å². The Morgan fingerprint density at radius 2 is 0.704 bits per heavy atom. The van der Waals surface area contributed by atoms with Crippen molar-refractivity contribution in [2.75, 3.05) is 47.5 Å². The van der Waals surface area contributed by atoms with Crippen molar-refractivity contribution in [2.45, 2.75) is 322 Å². The number of carbonyl (C=O) groups is 3. The zero-order chi connectivity index (χ0) is 59.1. The number of ether oxygens (including phenoxy) is 4. The molecule has 0 aromatic carbocycles. The highest BCUT2D eigenvalue weighted by molar-refractivity contribution is 5.70. The summed E-state index contributed by atoms with van der Waals surface area (Å²) in [6.45, 7) is 4.62. The zero-order valence-corrected chi connectivity index (χ0v) is 53.7. The van der Waals surface area contributed by atoms with E-state index in [2.05, 4.69) is 86.8 Å². The molecule has 0 aliphatic heterocycles. The first-order chi connectivity index (χ1) is 39.6. The highest BCUT2D eigenvalue weighted by Crippen LogP contribution is 2.18. The van der Waals surface area contributed by atoms with Crippen molar-refractivity contribution in [1.29, 1.82) is 0 Å². The minimum atomic E-state index is -1.63. The molecule has 0 aromatic rings. The van der Waals surface area contributed by atoms with Gasteiger partial charge in [0, 0.05) is 12.8 Å². The van der Waals surface area contributed by atoms with Crippen LogP contribution in [0.3, 0.4) is 0 Å². The van der Waals surface area contributed by atoms with E-state index in [1.54, 1.807) is 0 Å². The molecule has 0 fully saturated rings. The number of rotatable bonds is 63. The zero-order valence-electron chi connectivity index (χ0n) is 53.7. The van der Waals surface area contributed by atoms with Crippen molar-refractivity contribution in [3.63, 3.8) is 0 Å². The number of allylic oxidation sites excluding steroid dienone is 12. The van der Waals surface area contributed by atoms with Gasteiger partial charge in [-0.1, -0.05) is 286 Å². The molecule has 0 rings (SSSR count). The standard InChI is InChI=1S/C72H129NO8/c1-6-8-10-12-14-16-18-20-22-24-26-27-28-29-30-31-32-33-34-35-36-37-38-39-40-41-42-43-45-46-48-50-52-54-56-58-60-62-69(74)79-66-68(67-80-72(71(76)77)78-65-64-73(3,4)5)81-70(75)63-61-59-57-55-53-51-49-47-44-25-23-21-19-17-15-13-11-9-7-2/h9,11,15,17,21,23-24,26,44,47,51,53,68,72H,6-8,10,12-14,16,18-20,22,25,27-43,45-46,48-50,52,54-67H2,1-5H3/b11-9-,17-15-,23-21-,26-24-,47-44-,53-51-. The van der Waals surface area contributed by atoms with Crippen LogP contribution in [0, 0.1) is 0 Å². The number of aliphatic carboxylic acids is 1. The van der Waals surface area contributed by atoms with Gasteiger partial charge in [-0.15, -0.1) is 0 Å². The molecule has 0 bridgehead atoms. The lowest BCUT2D eigenvalue weighted by Crippen LogP contribution is -2.44. The van der Waals surface area contributed by atoms with Crippen LogP contribution in [0.15, 0.2) is 72.9 Å². The lowest BCUT2D eigenvalue weighted by Gasteiger charge is -2.26. The molecule has 81 heavy (non-hydrogen) atoms. The Kier molecular flexibility index (Phi) is 60.2. The van der Waals surface area contributed by atoms with Gasteiger partial charge in [-0.2, -0.15) is 0 Å². The third-order valence-electron chi connectivity index (χ3n) is 14.9. The molecule has 0 heterocycles. The van der Waals surface area contributed by atoms with E-state index in [1.165, 1.54) is 205 Å². The van der Waals surface area contributed by atoms with Crippen LogP contribution >= 0.6 is 0 Å². The number of hydrogen-bond donors (Lipinski definition) is 0. The van der Waals surface area contributed by atoms with Crippen molar-refractivity contribution in [3.05, 3.63) is 72.9 Å². The van der Waals surface area contributed by atoms with Crippen LogP contribution in [0.4, 0.5) is 0 Å². The molecular formula is C72H129NO8. The Morgan fingerprint density at radius 1 is 0.383 bits per heavy atom. The maximum Gasteiger partial charge on any atom is 0.306 e. The summed E-state index contributed by atoms with van der Waals surface area (Å²) in [5.74, 6) is -2.32. The number of quaternary nitrogens is 1. The minimum Gasteiger partial charge on any atom is -0.545 e. The highest BCUT2D eigenvalue weighted by Gasteiger charge is 2.22. The second kappa shape index (κ2) is 62.8. The van der Waals surface area contributed by atoms with Crippen LogP contribution in [-0.4, -0.2) is 82.3 Å². The van der Waals surface area contributed by atoms with Gasteiger partial charge in [0.25, 0.3) is 0 Å². The number of esters is 2. The second-order valence-electron chi connectivity index (χ2n) is 24.1. The smallest absolute Gasteiger partial charge is 0.306 e. The number of nitrogens with zero attached hydrogens (tertiary/aromatic N) is 1. The van der Waals surface area contributed by atoms with E-state index in [4.69, 9.17) is 18.9 Å². The Bertz CT molecular complexity index is 1560. The van der Waals surface area contributed by atoms with Gasteiger partial charge >= 0.3 is 11.9 Å². The van der Waals surface area contributed by atoms with E-state index in [9.17, 15) is 19.5 Å². The lowest BCUT2D eigenvalue weighted by molar-refractivity contribution is -0.870. The van der Waals surface area contributed by atoms with Gasteiger partial charge in [-0.05, 0) is 83.5 Å². The summed E-state index contributed by atoms with van der Waals surface area (Å²) in [5.41, 5.74) is 0. The molecule has 0 radical (unpaired) electrons. The summed E-state index contributed by atoms with van der Waals surface area (Å²) in [5, 5.41) is 11.8. The van der Waals surface area contributed by atoms with E-state index in [-0.39, 0.29) is 38.6 Å². The van der Waals surface area contributed by atoms with Gasteiger partial charge < -0.3 is 33.3 Å². The first-order valence-electron chi connectivity index (χ1n) is 34.1. The van der Waals surface area contributed by atoms with Crippen molar-refractivity contribution < 1.29 is 42.9 Å². The van der Waals surface area contributed by atoms with Crippen molar-refractivity contribution in [1.82, 2.24) is 0 Å². The molecule has 0 amide bonds. The summed E-state index contributed by atoms with van der Waals surface area (Å²) in [7, 11) is 5.92. The van der Waals surface area contributed by atoms with Crippen LogP contribution in [0.2, 0.25) is 0 Å². The second-order valence-corrected chi connectivity index (χ2v) is 24.1. The molecule has 0 aliphatic carbocycles. The van der Waals surface area contributed by atoms with E-state index < -0.39 is 24.3 Å². The molecule has 2 unspecified atom stereocenters. The Labute approximate surface area is 500 Å². The first kappa shape index (κ1) is 77.7. The molecule has 470 valence electrons. The molecule has 9 heteroatoms. The average molecular weight is 1140 g/mol. The van der Waals surface area contributed by atoms with E-state index in [0.717, 1.165) is 70.6 Å². The monoisotopic (exact) mass is 1140 g/mol. The normalized spacial score (nSPS) is 13.1. The number of carboxylic acids is 1. The highest BCUT2D eigenvalue weighted by atomic mass is 16.7. The van der Waals surface area contributed by atoms with Gasteiger partial charge in [0.05, 0.1) is 40.3 Å². The third kappa shape index (κ3) is 64.1. The number of hydrogen-bond acceptors (Lipinski definition) is 8. The molecule has 0 aromatic heterocycles. The van der Waals surface area contributed by atoms with Gasteiger partial charge in [0.2, 0.25) is 0 Å². The summed E-state index contributed by atoms with van der Waals surface area (Å²) >= 11 is 0. The third-order valence-corrected chi connectivity index (χ3v) is 14.9. The Balaban J connectivity index is 4.02. The number of unbranched alkanes of at least 4 members (excludes halogenated alkanes) is 36. The minimum absolute atomic E-state index is 0.139. The Morgan fingerprint density at radius 3 is 1.07 bits per heavy atom. The quantitative estimate of drug-likeness (QED) is 0.0195. The van der Waals surface area contributed by atoms with Gasteiger partial charge in [0.15, 0.2) is 12.4 Å². The summed E-state index contributed by atoms with van der Waals surface area (Å²) in [6.07, 6.45) is 80.1. The van der Waals surface area contributed by atoms with Gasteiger partial charge in [0.1, 0.15) is 13.2 Å². The molecule has 0 saturated heterocycles. The van der Waals surface area contributed by atoms with Crippen LogP contribution in [-0.2, 0) is 33.3 Å². The lowest BCUT2D eigenvalue weighted by atomic mass is 10.0. The number of carbonyl (C=O) groups excluding carboxylic acids is 3. The topological polar surface area (TPSA) is 111 Å². The molecular weight excluding hydrogens is 1010 g/mol.